The number of carbonyl (C=O) groups is 1. The molecule has 1 aliphatic rings. The van der Waals surface area contributed by atoms with E-state index in [-0.39, 0.29) is 17.3 Å². The predicted octanol–water partition coefficient (Wildman–Crippen LogP) is 1.72. The molecule has 22 heavy (non-hydrogen) atoms. The normalized spacial score (nSPS) is 17.5. The molecule has 0 saturated carbocycles. The molecule has 2 aromatic rings. The number of nitrogens with two attached hydrogens (primary N) is 2. The van der Waals surface area contributed by atoms with Gasteiger partial charge in [-0.15, -0.1) is 0 Å². The van der Waals surface area contributed by atoms with Crippen LogP contribution in [0.3, 0.4) is 0 Å². The highest BCUT2D eigenvalue weighted by atomic mass is 16.2. The summed E-state index contributed by atoms with van der Waals surface area (Å²) in [5.74, 6) is -0.358. The van der Waals surface area contributed by atoms with Crippen molar-refractivity contribution in [3.05, 3.63) is 77.0 Å². The number of hydrogen-bond donors (Lipinski definition) is 4. The monoisotopic (exact) mass is 292 g/mol. The van der Waals surface area contributed by atoms with Gasteiger partial charge >= 0.3 is 0 Å². The first-order chi connectivity index (χ1) is 10.6. The second-order valence-corrected chi connectivity index (χ2v) is 5.14. The standard InChI is InChI=1S/C17H16N4O/c18-12-8-4-7-11(9-12)16-13(15(20)17(22)21-16)14(19)10-5-2-1-3-6-10/h1-9,16,19H,18,20H2,(H,21,22). The molecule has 5 heteroatoms. The fourth-order valence-electron chi connectivity index (χ4n) is 2.59. The van der Waals surface area contributed by atoms with E-state index in [9.17, 15) is 4.79 Å². The molecule has 1 heterocycles. The Morgan fingerprint density at radius 1 is 1.05 bits per heavy atom. The van der Waals surface area contributed by atoms with Crippen LogP contribution < -0.4 is 16.8 Å². The Hall–Kier alpha value is -3.08. The highest BCUT2D eigenvalue weighted by Gasteiger charge is 2.34. The summed E-state index contributed by atoms with van der Waals surface area (Å²) in [4.78, 5) is 12.0. The van der Waals surface area contributed by atoms with Crippen LogP contribution in [-0.4, -0.2) is 11.6 Å². The third-order valence-corrected chi connectivity index (χ3v) is 3.67. The second kappa shape index (κ2) is 5.37. The van der Waals surface area contributed by atoms with E-state index in [2.05, 4.69) is 5.32 Å². The average Bonchev–Trinajstić information content (AvgIpc) is 2.83. The Bertz CT molecular complexity index is 780. The summed E-state index contributed by atoms with van der Waals surface area (Å²) >= 11 is 0. The maximum Gasteiger partial charge on any atom is 0.268 e. The fraction of sp³-hybridized carbons (Fsp3) is 0.0588. The van der Waals surface area contributed by atoms with Crippen LogP contribution in [0.25, 0.3) is 0 Å². The minimum absolute atomic E-state index is 0.0845. The quantitative estimate of drug-likeness (QED) is 0.511. The highest BCUT2D eigenvalue weighted by molar-refractivity contribution is 6.17. The van der Waals surface area contributed by atoms with Crippen molar-refractivity contribution in [1.82, 2.24) is 5.32 Å². The van der Waals surface area contributed by atoms with Crippen molar-refractivity contribution in [2.24, 2.45) is 5.73 Å². The summed E-state index contributed by atoms with van der Waals surface area (Å²) in [6, 6.07) is 16.0. The molecule has 1 amide bonds. The van der Waals surface area contributed by atoms with Gasteiger partial charge in [0.1, 0.15) is 5.70 Å². The average molecular weight is 292 g/mol. The fourth-order valence-corrected chi connectivity index (χ4v) is 2.59. The third kappa shape index (κ3) is 2.33. The van der Waals surface area contributed by atoms with E-state index < -0.39 is 6.04 Å². The lowest BCUT2D eigenvalue weighted by Gasteiger charge is -2.17. The Balaban J connectivity index is 2.06. The summed E-state index contributed by atoms with van der Waals surface area (Å²) in [6.07, 6.45) is 0. The SMILES string of the molecule is N=C(C1=C(N)C(=O)NC1c1cccc(N)c1)c1ccccc1. The van der Waals surface area contributed by atoms with Crippen LogP contribution in [0.1, 0.15) is 17.2 Å². The minimum atomic E-state index is -0.455. The van der Waals surface area contributed by atoms with Gasteiger partial charge in [0.05, 0.1) is 11.8 Å². The molecule has 0 spiro atoms. The van der Waals surface area contributed by atoms with Crippen LogP contribution in [-0.2, 0) is 4.79 Å². The lowest BCUT2D eigenvalue weighted by Crippen LogP contribution is -2.24. The number of nitrogens with one attached hydrogen (secondary N) is 2. The first-order valence-corrected chi connectivity index (χ1v) is 6.88. The van der Waals surface area contributed by atoms with Crippen molar-refractivity contribution < 1.29 is 4.79 Å². The topological polar surface area (TPSA) is 105 Å². The number of nitrogen functional groups attached to an aromatic ring is 1. The van der Waals surface area contributed by atoms with Crippen molar-refractivity contribution in [3.8, 4) is 0 Å². The van der Waals surface area contributed by atoms with Crippen LogP contribution in [0.15, 0.2) is 65.9 Å². The van der Waals surface area contributed by atoms with E-state index in [4.69, 9.17) is 16.9 Å². The van der Waals surface area contributed by atoms with Crippen LogP contribution in [0.2, 0.25) is 0 Å². The maximum absolute atomic E-state index is 12.0. The van der Waals surface area contributed by atoms with Crippen molar-refractivity contribution in [2.45, 2.75) is 6.04 Å². The van der Waals surface area contributed by atoms with Crippen LogP contribution in [0.4, 0.5) is 5.69 Å². The minimum Gasteiger partial charge on any atom is -0.399 e. The maximum atomic E-state index is 12.0. The van der Waals surface area contributed by atoms with Gasteiger partial charge in [-0.25, -0.2) is 0 Å². The Morgan fingerprint density at radius 2 is 1.77 bits per heavy atom. The molecule has 0 aromatic heterocycles. The third-order valence-electron chi connectivity index (χ3n) is 3.67. The molecule has 6 N–H and O–H groups in total. The second-order valence-electron chi connectivity index (χ2n) is 5.14. The number of rotatable bonds is 3. The van der Waals surface area contributed by atoms with Crippen LogP contribution >= 0.6 is 0 Å². The lowest BCUT2D eigenvalue weighted by atomic mass is 9.92. The number of carbonyl (C=O) groups excluding carboxylic acids is 1. The number of benzene rings is 2. The summed E-state index contributed by atoms with van der Waals surface area (Å²) in [5.41, 5.74) is 14.7. The lowest BCUT2D eigenvalue weighted by molar-refractivity contribution is -0.117. The smallest absolute Gasteiger partial charge is 0.268 e. The zero-order valence-corrected chi connectivity index (χ0v) is 11.8. The first kappa shape index (κ1) is 13.9. The molecular weight excluding hydrogens is 276 g/mol. The zero-order valence-electron chi connectivity index (χ0n) is 11.8. The van der Waals surface area contributed by atoms with E-state index in [1.165, 1.54) is 0 Å². The van der Waals surface area contributed by atoms with Gasteiger partial charge in [0.2, 0.25) is 0 Å². The summed E-state index contributed by atoms with van der Waals surface area (Å²) < 4.78 is 0. The van der Waals surface area contributed by atoms with Gasteiger partial charge in [0.25, 0.3) is 5.91 Å². The largest absolute Gasteiger partial charge is 0.399 e. The van der Waals surface area contributed by atoms with E-state index in [1.54, 1.807) is 12.1 Å². The van der Waals surface area contributed by atoms with E-state index in [0.29, 0.717) is 16.8 Å². The van der Waals surface area contributed by atoms with E-state index >= 15 is 0 Å². The number of amides is 1. The number of hydrogen-bond acceptors (Lipinski definition) is 4. The van der Waals surface area contributed by atoms with Gasteiger partial charge in [0, 0.05) is 11.3 Å². The van der Waals surface area contributed by atoms with Gasteiger partial charge in [-0.1, -0.05) is 42.5 Å². The molecule has 3 rings (SSSR count). The summed E-state index contributed by atoms with van der Waals surface area (Å²) in [7, 11) is 0. The molecule has 0 bridgehead atoms. The highest BCUT2D eigenvalue weighted by Crippen LogP contribution is 2.31. The molecule has 2 aromatic carbocycles. The van der Waals surface area contributed by atoms with Crippen molar-refractivity contribution in [2.75, 3.05) is 5.73 Å². The molecule has 0 saturated heterocycles. The molecule has 1 aliphatic heterocycles. The number of anilines is 1. The van der Waals surface area contributed by atoms with Crippen molar-refractivity contribution in [3.63, 3.8) is 0 Å². The molecule has 5 nitrogen and oxygen atoms in total. The molecule has 0 aliphatic carbocycles. The van der Waals surface area contributed by atoms with Gasteiger partial charge < -0.3 is 16.8 Å². The van der Waals surface area contributed by atoms with Crippen LogP contribution in [0, 0.1) is 5.41 Å². The van der Waals surface area contributed by atoms with Gasteiger partial charge in [-0.3, -0.25) is 10.2 Å². The Labute approximate surface area is 128 Å². The predicted molar refractivity (Wildman–Crippen MR) is 86.2 cm³/mol. The Morgan fingerprint density at radius 3 is 2.45 bits per heavy atom. The van der Waals surface area contributed by atoms with Crippen LogP contribution in [0.5, 0.6) is 0 Å². The van der Waals surface area contributed by atoms with E-state index in [0.717, 1.165) is 5.56 Å². The van der Waals surface area contributed by atoms with Gasteiger partial charge in [-0.05, 0) is 23.3 Å². The van der Waals surface area contributed by atoms with Crippen molar-refractivity contribution in [1.29, 1.82) is 5.41 Å². The van der Waals surface area contributed by atoms with Gasteiger partial charge in [-0.2, -0.15) is 0 Å². The molecular formula is C17H16N4O. The first-order valence-electron chi connectivity index (χ1n) is 6.88. The Kier molecular flexibility index (Phi) is 3.39. The van der Waals surface area contributed by atoms with Crippen molar-refractivity contribution >= 4 is 17.3 Å². The molecule has 0 radical (unpaired) electrons. The van der Waals surface area contributed by atoms with E-state index in [1.807, 2.05) is 42.5 Å². The summed E-state index contributed by atoms with van der Waals surface area (Å²) in [6.45, 7) is 0. The molecule has 110 valence electrons. The molecule has 1 atom stereocenters. The summed E-state index contributed by atoms with van der Waals surface area (Å²) in [5, 5.41) is 11.2. The van der Waals surface area contributed by atoms with Gasteiger partial charge in [0.15, 0.2) is 0 Å². The molecule has 1 unspecified atom stereocenters. The zero-order chi connectivity index (χ0) is 15.7. The molecule has 0 fully saturated rings.